The van der Waals surface area contributed by atoms with Crippen LogP contribution in [0.5, 0.6) is 5.75 Å². The number of aromatic nitrogens is 2. The summed E-state index contributed by atoms with van der Waals surface area (Å²) in [5.41, 5.74) is 0.428. The molecule has 0 atom stereocenters. The lowest BCUT2D eigenvalue weighted by atomic mass is 10.0. The van der Waals surface area contributed by atoms with Gasteiger partial charge in [0, 0.05) is 17.7 Å². The van der Waals surface area contributed by atoms with E-state index < -0.39 is 23.0 Å². The van der Waals surface area contributed by atoms with Gasteiger partial charge in [-0.2, -0.15) is 5.10 Å². The fraction of sp³-hybridized carbons (Fsp3) is 0.0625. The van der Waals surface area contributed by atoms with Crippen molar-refractivity contribution >= 4 is 11.6 Å². The van der Waals surface area contributed by atoms with Gasteiger partial charge in [-0.3, -0.25) is 5.10 Å². The molecule has 0 amide bonds. The molecule has 0 spiro atoms. The first-order valence-electron chi connectivity index (χ1n) is 6.54. The Morgan fingerprint density at radius 1 is 1.00 bits per heavy atom. The summed E-state index contributed by atoms with van der Waals surface area (Å²) >= 11 is 6.00. The van der Waals surface area contributed by atoms with E-state index in [-0.39, 0.29) is 16.4 Å². The predicted molar refractivity (Wildman–Crippen MR) is 80.9 cm³/mol. The molecule has 3 nitrogen and oxygen atoms in total. The Balaban J connectivity index is 2.20. The molecule has 118 valence electrons. The lowest BCUT2D eigenvalue weighted by Gasteiger charge is -2.07. The van der Waals surface area contributed by atoms with Crippen LogP contribution in [-0.4, -0.2) is 17.3 Å². The first-order chi connectivity index (χ1) is 11.0. The Kier molecular flexibility index (Phi) is 4.00. The van der Waals surface area contributed by atoms with E-state index in [4.69, 9.17) is 16.3 Å². The maximum Gasteiger partial charge on any atom is 0.137 e. The number of ether oxygens (including phenoxy) is 1. The molecule has 0 radical (unpaired) electrons. The van der Waals surface area contributed by atoms with Crippen LogP contribution in [0.2, 0.25) is 5.15 Å². The topological polar surface area (TPSA) is 37.9 Å². The van der Waals surface area contributed by atoms with E-state index in [0.29, 0.717) is 23.4 Å². The van der Waals surface area contributed by atoms with Gasteiger partial charge < -0.3 is 4.74 Å². The summed E-state index contributed by atoms with van der Waals surface area (Å²) in [7, 11) is 1.52. The van der Waals surface area contributed by atoms with Crippen molar-refractivity contribution in [3.63, 3.8) is 0 Å². The molecule has 0 fully saturated rings. The average Bonchev–Trinajstić information content (AvgIpc) is 2.88. The summed E-state index contributed by atoms with van der Waals surface area (Å²) in [4.78, 5) is 0. The summed E-state index contributed by atoms with van der Waals surface area (Å²) in [5, 5.41) is 6.45. The minimum atomic E-state index is -1.06. The van der Waals surface area contributed by atoms with Crippen molar-refractivity contribution in [2.45, 2.75) is 0 Å². The third-order valence-corrected chi connectivity index (χ3v) is 3.62. The van der Waals surface area contributed by atoms with Crippen LogP contribution in [0, 0.1) is 17.5 Å². The van der Waals surface area contributed by atoms with Crippen molar-refractivity contribution in [1.29, 1.82) is 0 Å². The molecule has 23 heavy (non-hydrogen) atoms. The van der Waals surface area contributed by atoms with Gasteiger partial charge in [0.1, 0.15) is 34.0 Å². The van der Waals surface area contributed by atoms with Crippen molar-refractivity contribution in [2.24, 2.45) is 0 Å². The molecule has 3 aromatic rings. The second kappa shape index (κ2) is 5.96. The van der Waals surface area contributed by atoms with Crippen LogP contribution in [0.3, 0.4) is 0 Å². The van der Waals surface area contributed by atoms with E-state index in [0.717, 1.165) is 0 Å². The normalized spacial score (nSPS) is 10.8. The average molecular weight is 339 g/mol. The standard InChI is InChI=1S/C16H10ClF3N2O/c1-23-10-4-2-8(3-5-10)15-14(16(17)22-21-15)13-11(19)6-9(18)7-12(13)20/h2-7H,1H3,(H,21,22). The monoisotopic (exact) mass is 338 g/mol. The third kappa shape index (κ3) is 2.77. The molecule has 0 bridgehead atoms. The van der Waals surface area contributed by atoms with Gasteiger partial charge >= 0.3 is 0 Å². The van der Waals surface area contributed by atoms with E-state index >= 15 is 0 Å². The van der Waals surface area contributed by atoms with Crippen molar-refractivity contribution < 1.29 is 17.9 Å². The smallest absolute Gasteiger partial charge is 0.137 e. The van der Waals surface area contributed by atoms with Gasteiger partial charge in [-0.1, -0.05) is 11.6 Å². The summed E-state index contributed by atoms with van der Waals surface area (Å²) in [5.74, 6) is -2.49. The summed E-state index contributed by atoms with van der Waals surface area (Å²) in [6, 6.07) is 7.90. The second-order valence-corrected chi connectivity index (χ2v) is 5.11. The first-order valence-corrected chi connectivity index (χ1v) is 6.92. The number of nitrogens with zero attached hydrogens (tertiary/aromatic N) is 1. The fourth-order valence-electron chi connectivity index (χ4n) is 2.29. The zero-order chi connectivity index (χ0) is 16.6. The zero-order valence-electron chi connectivity index (χ0n) is 11.8. The molecule has 2 aromatic carbocycles. The lowest BCUT2D eigenvalue weighted by Crippen LogP contribution is -1.94. The quantitative estimate of drug-likeness (QED) is 0.743. The highest BCUT2D eigenvalue weighted by Crippen LogP contribution is 2.39. The maximum atomic E-state index is 14.1. The minimum Gasteiger partial charge on any atom is -0.497 e. The third-order valence-electron chi connectivity index (χ3n) is 3.34. The number of methoxy groups -OCH3 is 1. The lowest BCUT2D eigenvalue weighted by molar-refractivity contribution is 0.415. The van der Waals surface area contributed by atoms with E-state index in [9.17, 15) is 13.2 Å². The van der Waals surface area contributed by atoms with Crippen molar-refractivity contribution in [2.75, 3.05) is 7.11 Å². The first kappa shape index (κ1) is 15.4. The van der Waals surface area contributed by atoms with Gasteiger partial charge in [-0.15, -0.1) is 0 Å². The number of hydrogen-bond donors (Lipinski definition) is 1. The Bertz CT molecular complexity index is 839. The zero-order valence-corrected chi connectivity index (χ0v) is 12.6. The largest absolute Gasteiger partial charge is 0.497 e. The Labute approximate surface area is 134 Å². The molecule has 0 saturated heterocycles. The maximum absolute atomic E-state index is 14.1. The number of halogens is 4. The second-order valence-electron chi connectivity index (χ2n) is 4.73. The van der Waals surface area contributed by atoms with Gasteiger partial charge in [0.15, 0.2) is 0 Å². The van der Waals surface area contributed by atoms with E-state index in [1.807, 2.05) is 0 Å². The van der Waals surface area contributed by atoms with Crippen molar-refractivity contribution in [3.05, 3.63) is 59.0 Å². The van der Waals surface area contributed by atoms with Crippen molar-refractivity contribution in [3.8, 4) is 28.1 Å². The summed E-state index contributed by atoms with van der Waals surface area (Å²) in [6.45, 7) is 0. The number of H-pyrrole nitrogens is 1. The van der Waals surface area contributed by atoms with Crippen LogP contribution in [0.1, 0.15) is 0 Å². The molecule has 0 saturated carbocycles. The van der Waals surface area contributed by atoms with Crippen LogP contribution in [0.25, 0.3) is 22.4 Å². The SMILES string of the molecule is COc1ccc(-c2n[nH]c(Cl)c2-c2c(F)cc(F)cc2F)cc1. The van der Waals surface area contributed by atoms with Crippen LogP contribution in [0.15, 0.2) is 36.4 Å². The molecule has 7 heteroatoms. The molecule has 1 heterocycles. The molecule has 1 N–H and O–H groups in total. The molecule has 0 aliphatic carbocycles. The van der Waals surface area contributed by atoms with Crippen molar-refractivity contribution in [1.82, 2.24) is 10.2 Å². The summed E-state index contributed by atoms with van der Waals surface area (Å²) in [6.07, 6.45) is 0. The predicted octanol–water partition coefficient (Wildman–Crippen LogP) is 4.82. The van der Waals surface area contributed by atoms with Gasteiger partial charge in [-0.25, -0.2) is 13.2 Å². The highest BCUT2D eigenvalue weighted by Gasteiger charge is 2.23. The molecule has 0 aliphatic rings. The van der Waals surface area contributed by atoms with E-state index in [2.05, 4.69) is 10.2 Å². The van der Waals surface area contributed by atoms with Gasteiger partial charge in [0.25, 0.3) is 0 Å². The summed E-state index contributed by atoms with van der Waals surface area (Å²) < 4.78 is 46.3. The van der Waals surface area contributed by atoms with Crippen LogP contribution >= 0.6 is 11.6 Å². The highest BCUT2D eigenvalue weighted by atomic mass is 35.5. The highest BCUT2D eigenvalue weighted by molar-refractivity contribution is 6.32. The number of hydrogen-bond acceptors (Lipinski definition) is 2. The Morgan fingerprint density at radius 2 is 1.61 bits per heavy atom. The molecule has 3 rings (SSSR count). The number of benzene rings is 2. The fourth-order valence-corrected chi connectivity index (χ4v) is 2.51. The molecule has 1 aromatic heterocycles. The molecule has 0 aliphatic heterocycles. The number of rotatable bonds is 3. The number of aromatic amines is 1. The molecular weight excluding hydrogens is 329 g/mol. The molecule has 0 unspecified atom stereocenters. The van der Waals surface area contributed by atoms with Gasteiger partial charge in [0.2, 0.25) is 0 Å². The van der Waals surface area contributed by atoms with Crippen LogP contribution < -0.4 is 4.74 Å². The van der Waals surface area contributed by atoms with Crippen LogP contribution in [-0.2, 0) is 0 Å². The number of nitrogens with one attached hydrogen (secondary N) is 1. The van der Waals surface area contributed by atoms with Gasteiger partial charge in [-0.05, 0) is 24.3 Å². The van der Waals surface area contributed by atoms with Gasteiger partial charge in [0.05, 0.1) is 18.2 Å². The van der Waals surface area contributed by atoms with E-state index in [1.54, 1.807) is 24.3 Å². The molecular formula is C16H10ClF3N2O. The van der Waals surface area contributed by atoms with Crippen LogP contribution in [0.4, 0.5) is 13.2 Å². The minimum absolute atomic E-state index is 0.0341. The Hall–Kier alpha value is -2.47. The van der Waals surface area contributed by atoms with E-state index in [1.165, 1.54) is 7.11 Å². The Morgan fingerprint density at radius 3 is 2.17 bits per heavy atom.